The molecule has 1 aromatic carbocycles. The molecular weight excluding hydrogens is 222 g/mol. The Labute approximate surface area is 98.1 Å². The van der Waals surface area contributed by atoms with Gasteiger partial charge in [0.2, 0.25) is 0 Å². The van der Waals surface area contributed by atoms with Crippen LogP contribution in [0.2, 0.25) is 0 Å². The monoisotopic (exact) mass is 234 g/mol. The minimum absolute atomic E-state index is 0.104. The van der Waals surface area contributed by atoms with Crippen molar-refractivity contribution in [3.8, 4) is 11.1 Å². The number of hydrogen-bond donors (Lipinski definition) is 1. The van der Waals surface area contributed by atoms with Gasteiger partial charge in [-0.1, -0.05) is 6.07 Å². The van der Waals surface area contributed by atoms with Gasteiger partial charge in [-0.15, -0.1) is 0 Å². The fourth-order valence-corrected chi connectivity index (χ4v) is 1.79. The highest BCUT2D eigenvalue weighted by Gasteiger charge is 2.18. The number of hydrogen-bond acceptors (Lipinski definition) is 2. The van der Waals surface area contributed by atoms with Gasteiger partial charge in [-0.2, -0.15) is 0 Å². The highest BCUT2D eigenvalue weighted by molar-refractivity contribution is 5.78. The number of halogens is 2. The lowest BCUT2D eigenvalue weighted by atomic mass is 9.98. The molecule has 17 heavy (non-hydrogen) atoms. The van der Waals surface area contributed by atoms with Crippen molar-refractivity contribution >= 4 is 5.82 Å². The van der Waals surface area contributed by atoms with Gasteiger partial charge < -0.3 is 5.73 Å². The zero-order chi connectivity index (χ0) is 12.6. The number of nitrogens with zero attached hydrogens (tertiary/aromatic N) is 1. The van der Waals surface area contributed by atoms with Crippen molar-refractivity contribution < 1.29 is 8.78 Å². The van der Waals surface area contributed by atoms with E-state index < -0.39 is 11.6 Å². The van der Waals surface area contributed by atoms with Crippen LogP contribution >= 0.6 is 0 Å². The molecule has 0 aliphatic carbocycles. The molecule has 0 saturated heterocycles. The van der Waals surface area contributed by atoms with Gasteiger partial charge in [0.05, 0.1) is 5.56 Å². The Bertz CT molecular complexity index is 560. The van der Waals surface area contributed by atoms with E-state index in [9.17, 15) is 8.78 Å². The summed E-state index contributed by atoms with van der Waals surface area (Å²) in [7, 11) is 0. The van der Waals surface area contributed by atoms with Gasteiger partial charge in [-0.05, 0) is 37.1 Å². The number of anilines is 1. The number of nitrogen functional groups attached to an aromatic ring is 1. The molecule has 1 aromatic heterocycles. The third-order valence-corrected chi connectivity index (χ3v) is 2.72. The Kier molecular flexibility index (Phi) is 2.79. The molecule has 2 nitrogen and oxygen atoms in total. The number of benzene rings is 1. The maximum absolute atomic E-state index is 14.0. The molecule has 0 unspecified atom stereocenters. The molecule has 4 heteroatoms. The molecule has 0 atom stereocenters. The number of rotatable bonds is 1. The molecule has 0 fully saturated rings. The number of pyridine rings is 1. The molecule has 0 bridgehead atoms. The standard InChI is InChI=1S/C13H12F2N2/c1-7-5-6-17-13(16)10(7)11-9(14)4-3-8(2)12(11)15/h3-6H,1-2H3,(H2,16,17). The van der Waals surface area contributed by atoms with Gasteiger partial charge in [0.15, 0.2) is 0 Å². The molecule has 0 radical (unpaired) electrons. The largest absolute Gasteiger partial charge is 0.383 e. The Balaban J connectivity index is 2.82. The minimum atomic E-state index is -0.629. The lowest BCUT2D eigenvalue weighted by Crippen LogP contribution is -2.01. The third kappa shape index (κ3) is 1.86. The Hall–Kier alpha value is -1.97. The number of aryl methyl sites for hydroxylation is 2. The van der Waals surface area contributed by atoms with Gasteiger partial charge in [0.25, 0.3) is 0 Å². The summed E-state index contributed by atoms with van der Waals surface area (Å²) in [5.74, 6) is -1.09. The molecule has 0 spiro atoms. The molecule has 2 aromatic rings. The molecule has 88 valence electrons. The van der Waals surface area contributed by atoms with E-state index in [2.05, 4.69) is 4.98 Å². The van der Waals surface area contributed by atoms with Gasteiger partial charge in [0.1, 0.15) is 17.5 Å². The molecule has 0 aliphatic rings. The minimum Gasteiger partial charge on any atom is -0.383 e. The van der Waals surface area contributed by atoms with Crippen molar-refractivity contribution in [3.63, 3.8) is 0 Å². The third-order valence-electron chi connectivity index (χ3n) is 2.72. The van der Waals surface area contributed by atoms with Crippen LogP contribution in [0.3, 0.4) is 0 Å². The fourth-order valence-electron chi connectivity index (χ4n) is 1.79. The summed E-state index contributed by atoms with van der Waals surface area (Å²) < 4.78 is 27.7. The van der Waals surface area contributed by atoms with E-state index in [1.807, 2.05) is 0 Å². The first-order valence-electron chi connectivity index (χ1n) is 5.18. The van der Waals surface area contributed by atoms with Crippen LogP contribution in [0.15, 0.2) is 24.4 Å². The average molecular weight is 234 g/mol. The number of nitrogens with two attached hydrogens (primary N) is 1. The van der Waals surface area contributed by atoms with Crippen molar-refractivity contribution in [1.82, 2.24) is 4.98 Å². The molecular formula is C13H12F2N2. The van der Waals surface area contributed by atoms with Gasteiger partial charge >= 0.3 is 0 Å². The van der Waals surface area contributed by atoms with Gasteiger partial charge in [-0.25, -0.2) is 13.8 Å². The van der Waals surface area contributed by atoms with Crippen molar-refractivity contribution in [3.05, 3.63) is 47.2 Å². The molecule has 0 saturated carbocycles. The first kappa shape index (κ1) is 11.5. The summed E-state index contributed by atoms with van der Waals surface area (Å²) in [4.78, 5) is 3.87. The van der Waals surface area contributed by atoms with Gasteiger partial charge in [0, 0.05) is 11.8 Å². The SMILES string of the molecule is Cc1ccc(F)c(-c2c(C)ccnc2N)c1F. The van der Waals surface area contributed by atoms with Crippen LogP contribution in [0.5, 0.6) is 0 Å². The molecule has 0 aliphatic heterocycles. The second kappa shape index (κ2) is 4.13. The van der Waals surface area contributed by atoms with E-state index in [1.165, 1.54) is 18.3 Å². The smallest absolute Gasteiger partial charge is 0.137 e. The second-order valence-electron chi connectivity index (χ2n) is 3.94. The topological polar surface area (TPSA) is 38.9 Å². The normalized spacial score (nSPS) is 10.6. The average Bonchev–Trinajstić information content (AvgIpc) is 2.28. The summed E-state index contributed by atoms with van der Waals surface area (Å²) in [6.07, 6.45) is 1.51. The van der Waals surface area contributed by atoms with E-state index in [0.29, 0.717) is 16.7 Å². The van der Waals surface area contributed by atoms with E-state index in [4.69, 9.17) is 5.73 Å². The maximum Gasteiger partial charge on any atom is 0.137 e. The fraction of sp³-hybridized carbons (Fsp3) is 0.154. The highest BCUT2D eigenvalue weighted by Crippen LogP contribution is 2.33. The molecule has 2 N–H and O–H groups in total. The molecule has 2 rings (SSSR count). The van der Waals surface area contributed by atoms with Crippen LogP contribution in [-0.4, -0.2) is 4.98 Å². The van der Waals surface area contributed by atoms with Crippen LogP contribution in [0.4, 0.5) is 14.6 Å². The van der Waals surface area contributed by atoms with Crippen molar-refractivity contribution in [2.24, 2.45) is 0 Å². The quantitative estimate of drug-likeness (QED) is 0.822. The van der Waals surface area contributed by atoms with Crippen molar-refractivity contribution in [1.29, 1.82) is 0 Å². The van der Waals surface area contributed by atoms with Crippen LogP contribution in [-0.2, 0) is 0 Å². The van der Waals surface area contributed by atoms with Crippen LogP contribution in [0.1, 0.15) is 11.1 Å². The summed E-state index contributed by atoms with van der Waals surface area (Å²) in [6, 6.07) is 4.31. The van der Waals surface area contributed by atoms with Crippen LogP contribution in [0, 0.1) is 25.5 Å². The van der Waals surface area contributed by atoms with Crippen LogP contribution < -0.4 is 5.73 Å². The van der Waals surface area contributed by atoms with E-state index >= 15 is 0 Å². The second-order valence-corrected chi connectivity index (χ2v) is 3.94. The zero-order valence-corrected chi connectivity index (χ0v) is 9.59. The summed E-state index contributed by atoms with van der Waals surface area (Å²) in [5, 5.41) is 0. The Morgan fingerprint density at radius 2 is 1.71 bits per heavy atom. The predicted octanol–water partition coefficient (Wildman–Crippen LogP) is 3.23. The summed E-state index contributed by atoms with van der Waals surface area (Å²) in [6.45, 7) is 3.33. The number of aromatic nitrogens is 1. The molecule has 0 amide bonds. The maximum atomic E-state index is 14.0. The first-order chi connectivity index (χ1) is 8.02. The van der Waals surface area contributed by atoms with Crippen molar-refractivity contribution in [2.75, 3.05) is 5.73 Å². The van der Waals surface area contributed by atoms with E-state index in [-0.39, 0.29) is 11.4 Å². The first-order valence-corrected chi connectivity index (χ1v) is 5.18. The summed E-state index contributed by atoms with van der Waals surface area (Å²) in [5.41, 5.74) is 6.99. The van der Waals surface area contributed by atoms with E-state index in [0.717, 1.165) is 0 Å². The predicted molar refractivity (Wildman–Crippen MR) is 63.5 cm³/mol. The van der Waals surface area contributed by atoms with E-state index in [1.54, 1.807) is 19.9 Å². The summed E-state index contributed by atoms with van der Waals surface area (Å²) >= 11 is 0. The van der Waals surface area contributed by atoms with Crippen LogP contribution in [0.25, 0.3) is 11.1 Å². The lowest BCUT2D eigenvalue weighted by Gasteiger charge is -2.11. The molecule has 1 heterocycles. The van der Waals surface area contributed by atoms with Gasteiger partial charge in [-0.3, -0.25) is 0 Å². The zero-order valence-electron chi connectivity index (χ0n) is 9.59. The Morgan fingerprint density at radius 1 is 1.00 bits per heavy atom. The highest BCUT2D eigenvalue weighted by atomic mass is 19.1. The van der Waals surface area contributed by atoms with Crippen molar-refractivity contribution in [2.45, 2.75) is 13.8 Å². The lowest BCUT2D eigenvalue weighted by molar-refractivity contribution is 0.583. The Morgan fingerprint density at radius 3 is 2.35 bits per heavy atom.